The Balaban J connectivity index is 4.69. The predicted octanol–water partition coefficient (Wildman–Crippen LogP) is 8.66. The van der Waals surface area contributed by atoms with Crippen molar-refractivity contribution in [1.29, 1.82) is 0 Å². The minimum absolute atomic E-state index is 0.184. The van der Waals surface area contributed by atoms with Crippen LogP contribution in [0.15, 0.2) is 0 Å². The maximum Gasteiger partial charge on any atom is 0.311 e. The Hall–Kier alpha value is 0.981. The summed E-state index contributed by atoms with van der Waals surface area (Å²) in [4.78, 5) is 0. The summed E-state index contributed by atoms with van der Waals surface area (Å²) in [6, 6.07) is 1.95. The van der Waals surface area contributed by atoms with Crippen LogP contribution in [0.3, 0.4) is 0 Å². The zero-order valence-corrected chi connectivity index (χ0v) is 38.5. The lowest BCUT2D eigenvalue weighted by molar-refractivity contribution is -0.0767. The van der Waals surface area contributed by atoms with E-state index in [-0.39, 0.29) is 26.4 Å². The highest BCUT2D eigenvalue weighted by molar-refractivity contribution is 6.89. The molecule has 0 aromatic heterocycles. The number of aliphatic hydroxyl groups is 2. The highest BCUT2D eigenvalue weighted by atomic mass is 28.5. The van der Waals surface area contributed by atoms with Gasteiger partial charge in [0.15, 0.2) is 33.3 Å². The molecule has 0 bridgehead atoms. The number of aliphatic hydroxyl groups excluding tert-OH is 2. The number of hydrogen-bond donors (Lipinski definition) is 2. The van der Waals surface area contributed by atoms with Gasteiger partial charge in [0, 0.05) is 13.2 Å². The standard InChI is InChI=1S/C31H76O8Si6/c1-17-29(3)42(9,10)38-44(13,14)36-40(5,6)23-19-21-34-27-31(25-32,26-33)28-35-22-20-24-41(7,8)37-45(15,16)39-43(11,12)30(4)18-2/h29-30,32-33H,17-28H2,1-16H3. The molecule has 0 aliphatic rings. The topological polar surface area (TPSA) is 95.8 Å². The summed E-state index contributed by atoms with van der Waals surface area (Å²) in [7, 11) is -11.9. The van der Waals surface area contributed by atoms with Gasteiger partial charge in [0.2, 0.25) is 0 Å². The van der Waals surface area contributed by atoms with Gasteiger partial charge < -0.3 is 36.1 Å². The van der Waals surface area contributed by atoms with E-state index in [1.165, 1.54) is 0 Å². The summed E-state index contributed by atoms with van der Waals surface area (Å²) in [6.45, 7) is 37.4. The molecule has 45 heavy (non-hydrogen) atoms. The van der Waals surface area contributed by atoms with E-state index in [4.69, 9.17) is 25.9 Å². The fourth-order valence-corrected chi connectivity index (χ4v) is 34.2. The maximum atomic E-state index is 10.1. The van der Waals surface area contributed by atoms with Crippen LogP contribution in [0.25, 0.3) is 0 Å². The second kappa shape index (κ2) is 19.4. The maximum absolute atomic E-state index is 10.1. The van der Waals surface area contributed by atoms with E-state index in [1.807, 2.05) is 0 Å². The average Bonchev–Trinajstić information content (AvgIpc) is 2.87. The molecule has 0 radical (unpaired) electrons. The first kappa shape index (κ1) is 46.0. The second-order valence-corrected chi connectivity index (χ2v) is 42.0. The third-order valence-corrected chi connectivity index (χ3v) is 34.5. The van der Waals surface area contributed by atoms with Crippen LogP contribution in [0, 0.1) is 5.41 Å². The molecule has 2 N–H and O–H groups in total. The Morgan fingerprint density at radius 3 is 1.11 bits per heavy atom. The number of hydrogen-bond acceptors (Lipinski definition) is 8. The van der Waals surface area contributed by atoms with Crippen LogP contribution in [0.4, 0.5) is 0 Å². The molecule has 0 fully saturated rings. The molecule has 0 aromatic carbocycles. The van der Waals surface area contributed by atoms with Gasteiger partial charge in [-0.2, -0.15) is 0 Å². The summed E-state index contributed by atoms with van der Waals surface area (Å²) in [6.07, 6.45) is 4.03. The molecular weight excluding hydrogens is 669 g/mol. The zero-order valence-electron chi connectivity index (χ0n) is 32.5. The molecule has 0 aliphatic carbocycles. The third kappa shape index (κ3) is 18.5. The lowest BCUT2D eigenvalue weighted by Crippen LogP contribution is -2.53. The minimum atomic E-state index is -2.23. The molecule has 0 aliphatic heterocycles. The number of ether oxygens (including phenoxy) is 2. The number of rotatable bonds is 26. The van der Waals surface area contributed by atoms with Crippen LogP contribution in [0.2, 0.25) is 102 Å². The van der Waals surface area contributed by atoms with E-state index in [9.17, 15) is 10.2 Å². The molecule has 2 unspecified atom stereocenters. The average molecular weight is 745 g/mol. The van der Waals surface area contributed by atoms with Crippen LogP contribution in [0.5, 0.6) is 0 Å². The van der Waals surface area contributed by atoms with Crippen LogP contribution >= 0.6 is 0 Å². The van der Waals surface area contributed by atoms with Crippen molar-refractivity contribution in [3.63, 3.8) is 0 Å². The largest absolute Gasteiger partial charge is 0.437 e. The van der Waals surface area contributed by atoms with Crippen molar-refractivity contribution in [3.05, 3.63) is 0 Å². The van der Waals surface area contributed by atoms with Crippen molar-refractivity contribution in [2.75, 3.05) is 39.6 Å². The van der Waals surface area contributed by atoms with Crippen LogP contribution in [-0.4, -0.2) is 100 Å². The molecule has 0 rings (SSSR count). The van der Waals surface area contributed by atoms with Crippen molar-refractivity contribution in [3.8, 4) is 0 Å². The first-order valence-electron chi connectivity index (χ1n) is 17.5. The fourth-order valence-electron chi connectivity index (χ4n) is 5.98. The second-order valence-electron chi connectivity index (χ2n) is 16.7. The summed E-state index contributed by atoms with van der Waals surface area (Å²) in [5.74, 6) is 0. The Labute approximate surface area is 285 Å². The van der Waals surface area contributed by atoms with Gasteiger partial charge in [-0.1, -0.05) is 40.5 Å². The van der Waals surface area contributed by atoms with Gasteiger partial charge in [0.1, 0.15) is 0 Å². The van der Waals surface area contributed by atoms with E-state index in [0.717, 1.165) is 37.8 Å². The van der Waals surface area contributed by atoms with Gasteiger partial charge in [-0.15, -0.1) is 0 Å². The fraction of sp³-hybridized carbons (Fsp3) is 1.00. The van der Waals surface area contributed by atoms with E-state index in [2.05, 4.69) is 106 Å². The molecular formula is C31H76O8Si6. The monoisotopic (exact) mass is 744 g/mol. The Morgan fingerprint density at radius 2 is 0.844 bits per heavy atom. The first-order chi connectivity index (χ1) is 20.3. The highest BCUT2D eigenvalue weighted by Crippen LogP contribution is 2.32. The van der Waals surface area contributed by atoms with Crippen LogP contribution < -0.4 is 0 Å². The van der Waals surface area contributed by atoms with Crippen molar-refractivity contribution in [1.82, 2.24) is 0 Å². The summed E-state index contributed by atoms with van der Waals surface area (Å²) < 4.78 is 38.9. The van der Waals surface area contributed by atoms with Gasteiger partial charge in [0.25, 0.3) is 0 Å². The minimum Gasteiger partial charge on any atom is -0.437 e. The first-order valence-corrected chi connectivity index (χ1v) is 35.3. The Morgan fingerprint density at radius 1 is 0.533 bits per heavy atom. The van der Waals surface area contributed by atoms with Crippen molar-refractivity contribution < 1.29 is 36.1 Å². The van der Waals surface area contributed by atoms with Crippen LogP contribution in [-0.2, 0) is 25.9 Å². The van der Waals surface area contributed by atoms with Crippen LogP contribution in [0.1, 0.15) is 53.4 Å². The molecule has 0 saturated heterocycles. The molecule has 272 valence electrons. The van der Waals surface area contributed by atoms with E-state index < -0.39 is 55.8 Å². The van der Waals surface area contributed by atoms with Gasteiger partial charge in [-0.05, 0) is 115 Å². The molecule has 0 saturated carbocycles. The molecule has 0 aromatic rings. The highest BCUT2D eigenvalue weighted by Gasteiger charge is 2.43. The molecule has 8 nitrogen and oxygen atoms in total. The van der Waals surface area contributed by atoms with E-state index in [0.29, 0.717) is 24.3 Å². The van der Waals surface area contributed by atoms with Crippen molar-refractivity contribution in [2.45, 2.75) is 155 Å². The lowest BCUT2D eigenvalue weighted by Gasteiger charge is -2.41. The SMILES string of the molecule is CCC(C)[Si](C)(C)O[Si](C)(C)O[Si](C)(C)CCCOCC(CO)(CO)COCCC[Si](C)(C)O[Si](C)(C)O[Si](C)(C)C(C)CC. The third-order valence-electron chi connectivity index (χ3n) is 9.28. The smallest absolute Gasteiger partial charge is 0.311 e. The molecule has 14 heteroatoms. The Bertz CT molecular complexity index is 760. The van der Waals surface area contributed by atoms with Gasteiger partial charge in [-0.3, -0.25) is 0 Å². The lowest BCUT2D eigenvalue weighted by atomic mass is 9.92. The quantitative estimate of drug-likeness (QED) is 0.0672. The normalized spacial score (nSPS) is 15.9. The van der Waals surface area contributed by atoms with Gasteiger partial charge >= 0.3 is 17.1 Å². The zero-order chi connectivity index (χ0) is 35.4. The van der Waals surface area contributed by atoms with Gasteiger partial charge in [-0.25, -0.2) is 0 Å². The van der Waals surface area contributed by atoms with Gasteiger partial charge in [0.05, 0.1) is 31.8 Å². The molecule has 0 amide bonds. The predicted molar refractivity (Wildman–Crippen MR) is 206 cm³/mol. The Kier molecular flexibility index (Phi) is 19.8. The molecule has 0 spiro atoms. The molecule has 2 atom stereocenters. The van der Waals surface area contributed by atoms with E-state index >= 15 is 0 Å². The summed E-state index contributed by atoms with van der Waals surface area (Å²) in [5, 5.41) is 20.3. The molecule has 0 heterocycles. The summed E-state index contributed by atoms with van der Waals surface area (Å²) >= 11 is 0. The summed E-state index contributed by atoms with van der Waals surface area (Å²) in [5.41, 5.74) is 0.392. The van der Waals surface area contributed by atoms with Crippen molar-refractivity contribution in [2.24, 2.45) is 5.41 Å². The van der Waals surface area contributed by atoms with E-state index in [1.54, 1.807) is 0 Å². The van der Waals surface area contributed by atoms with Crippen molar-refractivity contribution >= 4 is 50.4 Å².